The minimum atomic E-state index is -0.573. The maximum Gasteiger partial charge on any atom is 0.343 e. The molecule has 5 rings (SSSR count). The molecule has 2 heterocycles. The van der Waals surface area contributed by atoms with Gasteiger partial charge in [0.1, 0.15) is 5.56 Å². The van der Waals surface area contributed by atoms with Gasteiger partial charge < -0.3 is 10.1 Å². The van der Waals surface area contributed by atoms with E-state index in [-0.39, 0.29) is 18.0 Å². The number of ether oxygens (including phenoxy) is 1. The molecule has 0 aliphatic rings. The fraction of sp³-hybridized carbons (Fsp3) is 0.0714. The second kappa shape index (κ2) is 10.0. The molecular formula is C28H21ClN4O3. The van der Waals surface area contributed by atoms with Gasteiger partial charge in [-0.15, -0.1) is 0 Å². The van der Waals surface area contributed by atoms with Crippen LogP contribution in [-0.4, -0.2) is 33.2 Å². The van der Waals surface area contributed by atoms with Crippen molar-refractivity contribution in [2.45, 2.75) is 6.92 Å². The Balaban J connectivity index is 1.61. The molecular weight excluding hydrogens is 476 g/mol. The number of nitrogens with zero attached hydrogens (tertiary/aromatic N) is 3. The Hall–Kier alpha value is -4.49. The van der Waals surface area contributed by atoms with Gasteiger partial charge in [0, 0.05) is 16.0 Å². The molecule has 0 saturated carbocycles. The molecule has 1 N–H and O–H groups in total. The van der Waals surface area contributed by atoms with E-state index >= 15 is 0 Å². The molecule has 0 saturated heterocycles. The highest BCUT2D eigenvalue weighted by Gasteiger charge is 2.23. The largest absolute Gasteiger partial charge is 0.462 e. The van der Waals surface area contributed by atoms with Crippen LogP contribution in [0.25, 0.3) is 27.8 Å². The summed E-state index contributed by atoms with van der Waals surface area (Å²) in [6.07, 6.45) is 1.39. The van der Waals surface area contributed by atoms with Crippen molar-refractivity contribution in [3.05, 3.63) is 107 Å². The quantitative estimate of drug-likeness (QED) is 0.284. The van der Waals surface area contributed by atoms with Gasteiger partial charge in [0.25, 0.3) is 5.91 Å². The SMILES string of the molecule is CCOC(=O)c1cnn(-c2ccccc2)c1NC(=O)c1cc(-c2ccc(Cl)cc2)nc2ccccc12. The van der Waals surface area contributed by atoms with Gasteiger partial charge in [0.15, 0.2) is 5.82 Å². The minimum absolute atomic E-state index is 0.158. The summed E-state index contributed by atoms with van der Waals surface area (Å²) in [6, 6.07) is 25.6. The van der Waals surface area contributed by atoms with Gasteiger partial charge in [-0.05, 0) is 43.3 Å². The van der Waals surface area contributed by atoms with Crippen molar-refractivity contribution in [1.29, 1.82) is 0 Å². The van der Waals surface area contributed by atoms with Gasteiger partial charge >= 0.3 is 5.97 Å². The standard InChI is InChI=1S/C28H21ClN4O3/c1-2-36-28(35)23-17-30-33(20-8-4-3-5-9-20)26(23)32-27(34)22-16-25(18-12-14-19(29)15-13-18)31-24-11-7-6-10-21(22)24/h3-17H,2H2,1H3,(H,32,34). The van der Waals surface area contributed by atoms with Crippen LogP contribution in [0.5, 0.6) is 0 Å². The highest BCUT2D eigenvalue weighted by Crippen LogP contribution is 2.28. The zero-order chi connectivity index (χ0) is 25.1. The number of nitrogens with one attached hydrogen (secondary N) is 1. The average Bonchev–Trinajstić information content (AvgIpc) is 3.32. The lowest BCUT2D eigenvalue weighted by atomic mass is 10.0. The third-order valence-electron chi connectivity index (χ3n) is 5.60. The van der Waals surface area contributed by atoms with Gasteiger partial charge in [-0.1, -0.05) is 60.1 Å². The number of anilines is 1. The number of carbonyl (C=O) groups excluding carboxylic acids is 2. The lowest BCUT2D eigenvalue weighted by Gasteiger charge is -2.13. The summed E-state index contributed by atoms with van der Waals surface area (Å²) in [5.74, 6) is -0.762. The van der Waals surface area contributed by atoms with E-state index in [4.69, 9.17) is 21.3 Å². The van der Waals surface area contributed by atoms with Crippen molar-refractivity contribution >= 4 is 40.2 Å². The number of fused-ring (bicyclic) bond motifs is 1. The average molecular weight is 497 g/mol. The molecule has 178 valence electrons. The number of amides is 1. The zero-order valence-electron chi connectivity index (χ0n) is 19.3. The monoisotopic (exact) mass is 496 g/mol. The molecule has 1 amide bonds. The smallest absolute Gasteiger partial charge is 0.343 e. The van der Waals surface area contributed by atoms with E-state index in [1.165, 1.54) is 10.9 Å². The summed E-state index contributed by atoms with van der Waals surface area (Å²) in [5, 5.41) is 8.54. The lowest BCUT2D eigenvalue weighted by Crippen LogP contribution is -2.18. The van der Waals surface area contributed by atoms with Crippen LogP contribution in [0.2, 0.25) is 5.02 Å². The first-order valence-electron chi connectivity index (χ1n) is 11.3. The van der Waals surface area contributed by atoms with Gasteiger partial charge in [-0.2, -0.15) is 5.10 Å². The summed E-state index contributed by atoms with van der Waals surface area (Å²) in [5.41, 5.74) is 3.35. The van der Waals surface area contributed by atoms with Crippen molar-refractivity contribution in [3.8, 4) is 16.9 Å². The molecule has 2 aromatic heterocycles. The number of hydrogen-bond donors (Lipinski definition) is 1. The Labute approximate surface area is 212 Å². The van der Waals surface area contributed by atoms with Crippen molar-refractivity contribution in [2.75, 3.05) is 11.9 Å². The highest BCUT2D eigenvalue weighted by molar-refractivity contribution is 6.30. The molecule has 7 nitrogen and oxygen atoms in total. The maximum atomic E-state index is 13.7. The number of halogens is 1. The first-order valence-corrected chi connectivity index (χ1v) is 11.7. The summed E-state index contributed by atoms with van der Waals surface area (Å²) < 4.78 is 6.71. The Morgan fingerprint density at radius 3 is 2.42 bits per heavy atom. The van der Waals surface area contributed by atoms with E-state index in [1.807, 2.05) is 66.7 Å². The molecule has 3 aromatic carbocycles. The number of esters is 1. The topological polar surface area (TPSA) is 86.1 Å². The molecule has 8 heteroatoms. The highest BCUT2D eigenvalue weighted by atomic mass is 35.5. The fourth-order valence-corrected chi connectivity index (χ4v) is 4.02. The normalized spacial score (nSPS) is 10.8. The van der Waals surface area contributed by atoms with Crippen LogP contribution in [-0.2, 0) is 4.74 Å². The molecule has 0 radical (unpaired) electrons. The predicted molar refractivity (Wildman–Crippen MR) is 140 cm³/mol. The van der Waals surface area contributed by atoms with Gasteiger partial charge in [-0.25, -0.2) is 14.5 Å². The van der Waals surface area contributed by atoms with Crippen LogP contribution < -0.4 is 5.32 Å². The summed E-state index contributed by atoms with van der Waals surface area (Å²) in [7, 11) is 0. The zero-order valence-corrected chi connectivity index (χ0v) is 20.1. The van der Waals surface area contributed by atoms with Crippen LogP contribution in [0.1, 0.15) is 27.6 Å². The van der Waals surface area contributed by atoms with Gasteiger partial charge in [0.2, 0.25) is 0 Å². The minimum Gasteiger partial charge on any atom is -0.462 e. The number of para-hydroxylation sites is 2. The van der Waals surface area contributed by atoms with Gasteiger partial charge in [-0.3, -0.25) is 4.79 Å². The van der Waals surface area contributed by atoms with E-state index < -0.39 is 11.9 Å². The van der Waals surface area contributed by atoms with E-state index in [1.54, 1.807) is 25.1 Å². The first-order chi connectivity index (χ1) is 17.5. The van der Waals surface area contributed by atoms with Crippen molar-refractivity contribution in [3.63, 3.8) is 0 Å². The fourth-order valence-electron chi connectivity index (χ4n) is 3.90. The van der Waals surface area contributed by atoms with Gasteiger partial charge in [0.05, 0.1) is 35.3 Å². The number of carbonyl (C=O) groups is 2. The van der Waals surface area contributed by atoms with E-state index in [0.717, 1.165) is 5.56 Å². The lowest BCUT2D eigenvalue weighted by molar-refractivity contribution is 0.0527. The number of aromatic nitrogens is 3. The molecule has 0 aliphatic heterocycles. The van der Waals surface area contributed by atoms with Crippen LogP contribution in [0, 0.1) is 0 Å². The van der Waals surface area contributed by atoms with Crippen molar-refractivity contribution in [2.24, 2.45) is 0 Å². The van der Waals surface area contributed by atoms with Crippen LogP contribution >= 0.6 is 11.6 Å². The Bertz CT molecular complexity index is 1560. The number of benzene rings is 3. The summed E-state index contributed by atoms with van der Waals surface area (Å²) >= 11 is 6.05. The predicted octanol–water partition coefficient (Wildman–Crippen LogP) is 6.17. The van der Waals surface area contributed by atoms with Crippen molar-refractivity contribution in [1.82, 2.24) is 14.8 Å². The molecule has 0 fully saturated rings. The van der Waals surface area contributed by atoms with E-state index in [0.29, 0.717) is 32.9 Å². The maximum absolute atomic E-state index is 13.7. The molecule has 0 unspecified atom stereocenters. The molecule has 0 atom stereocenters. The molecule has 0 bridgehead atoms. The van der Waals surface area contributed by atoms with Crippen LogP contribution in [0.15, 0.2) is 91.1 Å². The van der Waals surface area contributed by atoms with E-state index in [2.05, 4.69) is 10.4 Å². The number of rotatable bonds is 6. The first kappa shape index (κ1) is 23.3. The Morgan fingerprint density at radius 1 is 0.944 bits per heavy atom. The molecule has 5 aromatic rings. The van der Waals surface area contributed by atoms with Crippen molar-refractivity contribution < 1.29 is 14.3 Å². The second-order valence-electron chi connectivity index (χ2n) is 7.91. The second-order valence-corrected chi connectivity index (χ2v) is 8.34. The van der Waals surface area contributed by atoms with Crippen LogP contribution in [0.4, 0.5) is 5.82 Å². The Kier molecular flexibility index (Phi) is 6.47. The molecule has 0 aliphatic carbocycles. The number of hydrogen-bond acceptors (Lipinski definition) is 5. The Morgan fingerprint density at radius 2 is 1.67 bits per heavy atom. The number of pyridine rings is 1. The summed E-state index contributed by atoms with van der Waals surface area (Å²) in [6.45, 7) is 1.92. The molecule has 0 spiro atoms. The van der Waals surface area contributed by atoms with Crippen LogP contribution in [0.3, 0.4) is 0 Å². The third kappa shape index (κ3) is 4.56. The third-order valence-corrected chi connectivity index (χ3v) is 5.85. The van der Waals surface area contributed by atoms with E-state index in [9.17, 15) is 9.59 Å². The molecule has 36 heavy (non-hydrogen) atoms. The summed E-state index contributed by atoms with van der Waals surface area (Å²) in [4.78, 5) is 31.1.